The molecule has 0 bridgehead atoms. The highest BCUT2D eigenvalue weighted by Crippen LogP contribution is 2.35. The molecule has 0 aromatic heterocycles. The molecule has 2 saturated heterocycles. The van der Waals surface area contributed by atoms with Crippen LogP contribution in [0.15, 0.2) is 0 Å². The van der Waals surface area contributed by atoms with Gasteiger partial charge in [-0.05, 0) is 38.8 Å². The van der Waals surface area contributed by atoms with Gasteiger partial charge < -0.3 is 15.3 Å². The van der Waals surface area contributed by atoms with E-state index in [9.17, 15) is 14.7 Å². The van der Waals surface area contributed by atoms with Crippen LogP contribution in [0, 0.1) is 5.41 Å². The molecule has 5 nitrogen and oxygen atoms in total. The lowest BCUT2D eigenvalue weighted by molar-refractivity contribution is -0.152. The maximum atomic E-state index is 11.3. The quantitative estimate of drug-likeness (QED) is 0.780. The lowest BCUT2D eigenvalue weighted by atomic mass is 9.76. The molecule has 102 valence electrons. The van der Waals surface area contributed by atoms with Gasteiger partial charge in [0.25, 0.3) is 0 Å². The summed E-state index contributed by atoms with van der Waals surface area (Å²) < 4.78 is 0. The molecule has 2 fully saturated rings. The van der Waals surface area contributed by atoms with Gasteiger partial charge in [-0.3, -0.25) is 9.59 Å². The summed E-state index contributed by atoms with van der Waals surface area (Å²) in [5.41, 5.74) is -0.518. The van der Waals surface area contributed by atoms with Crippen molar-refractivity contribution in [2.75, 3.05) is 19.6 Å². The predicted octanol–water partition coefficient (Wildman–Crippen LogP) is 0.842. The molecule has 0 saturated carbocycles. The molecule has 5 heteroatoms. The van der Waals surface area contributed by atoms with Crippen molar-refractivity contribution < 1.29 is 14.7 Å². The van der Waals surface area contributed by atoms with E-state index in [1.165, 1.54) is 0 Å². The van der Waals surface area contributed by atoms with E-state index in [1.54, 1.807) is 0 Å². The molecule has 0 aromatic rings. The van der Waals surface area contributed by atoms with Crippen LogP contribution in [-0.4, -0.2) is 47.6 Å². The summed E-state index contributed by atoms with van der Waals surface area (Å²) in [5.74, 6) is -0.510. The van der Waals surface area contributed by atoms with E-state index in [1.807, 2.05) is 6.92 Å². The van der Waals surface area contributed by atoms with E-state index in [4.69, 9.17) is 0 Å². The minimum atomic E-state index is -0.654. The van der Waals surface area contributed by atoms with Crippen molar-refractivity contribution >= 4 is 11.9 Å². The third-order valence-corrected chi connectivity index (χ3v) is 4.51. The smallest absolute Gasteiger partial charge is 0.309 e. The Morgan fingerprint density at radius 1 is 1.50 bits per heavy atom. The zero-order valence-electron chi connectivity index (χ0n) is 10.9. The topological polar surface area (TPSA) is 69.6 Å². The number of hydrogen-bond donors (Lipinski definition) is 2. The van der Waals surface area contributed by atoms with Gasteiger partial charge in [-0.25, -0.2) is 0 Å². The normalized spacial score (nSPS) is 28.1. The van der Waals surface area contributed by atoms with E-state index in [0.717, 1.165) is 38.9 Å². The molecule has 2 aliphatic heterocycles. The lowest BCUT2D eigenvalue weighted by Gasteiger charge is -2.39. The van der Waals surface area contributed by atoms with Crippen molar-refractivity contribution in [1.29, 1.82) is 0 Å². The molecule has 18 heavy (non-hydrogen) atoms. The Balaban J connectivity index is 1.83. The van der Waals surface area contributed by atoms with Crippen LogP contribution in [-0.2, 0) is 9.59 Å². The minimum absolute atomic E-state index is 0.144. The molecule has 1 unspecified atom stereocenters. The Labute approximate surface area is 108 Å². The van der Waals surface area contributed by atoms with Crippen LogP contribution in [0.4, 0.5) is 0 Å². The van der Waals surface area contributed by atoms with E-state index in [0.29, 0.717) is 12.8 Å². The van der Waals surface area contributed by atoms with Gasteiger partial charge in [0.05, 0.1) is 5.41 Å². The van der Waals surface area contributed by atoms with Gasteiger partial charge in [0, 0.05) is 19.0 Å². The summed E-state index contributed by atoms with van der Waals surface area (Å²) in [4.78, 5) is 24.7. The van der Waals surface area contributed by atoms with Gasteiger partial charge in [0.15, 0.2) is 0 Å². The zero-order chi connectivity index (χ0) is 13.2. The number of carboxylic acids is 1. The summed E-state index contributed by atoms with van der Waals surface area (Å²) in [6.45, 7) is 4.48. The van der Waals surface area contributed by atoms with Gasteiger partial charge in [-0.1, -0.05) is 6.92 Å². The molecular weight excluding hydrogens is 232 g/mol. The SMILES string of the molecule is CCC1(C(=O)O)CCN(CC2CCC(=O)N2)CC1. The Morgan fingerprint density at radius 2 is 2.17 bits per heavy atom. The molecular formula is C13H22N2O3. The van der Waals surface area contributed by atoms with Gasteiger partial charge >= 0.3 is 5.97 Å². The Morgan fingerprint density at radius 3 is 2.61 bits per heavy atom. The Kier molecular flexibility index (Phi) is 3.90. The van der Waals surface area contributed by atoms with Crippen LogP contribution in [0.2, 0.25) is 0 Å². The maximum absolute atomic E-state index is 11.3. The van der Waals surface area contributed by atoms with Crippen molar-refractivity contribution in [2.24, 2.45) is 5.41 Å². The predicted molar refractivity (Wildman–Crippen MR) is 67.2 cm³/mol. The highest BCUT2D eigenvalue weighted by molar-refractivity contribution is 5.78. The van der Waals surface area contributed by atoms with E-state index in [2.05, 4.69) is 10.2 Å². The summed E-state index contributed by atoms with van der Waals surface area (Å²) in [6.07, 6.45) is 3.69. The highest BCUT2D eigenvalue weighted by atomic mass is 16.4. The van der Waals surface area contributed by atoms with Crippen LogP contribution in [0.25, 0.3) is 0 Å². The van der Waals surface area contributed by atoms with E-state index >= 15 is 0 Å². The number of carbonyl (C=O) groups excluding carboxylic acids is 1. The molecule has 2 N–H and O–H groups in total. The van der Waals surface area contributed by atoms with Crippen LogP contribution < -0.4 is 5.32 Å². The molecule has 0 spiro atoms. The molecule has 2 rings (SSSR count). The number of hydrogen-bond acceptors (Lipinski definition) is 3. The Bertz CT molecular complexity index is 335. The summed E-state index contributed by atoms with van der Waals surface area (Å²) in [6, 6.07) is 0.261. The number of nitrogens with one attached hydrogen (secondary N) is 1. The standard InChI is InChI=1S/C13H22N2O3/c1-2-13(12(17)18)5-7-15(8-6-13)9-10-3-4-11(16)14-10/h10H,2-9H2,1H3,(H,14,16)(H,17,18). The fourth-order valence-corrected chi connectivity index (χ4v) is 3.01. The summed E-state index contributed by atoms with van der Waals surface area (Å²) in [5, 5.41) is 12.3. The van der Waals surface area contributed by atoms with Crippen molar-refractivity contribution in [3.05, 3.63) is 0 Å². The number of nitrogens with zero attached hydrogens (tertiary/aromatic N) is 1. The Hall–Kier alpha value is -1.10. The first-order chi connectivity index (χ1) is 8.55. The second-order valence-electron chi connectivity index (χ2n) is 5.54. The first kappa shape index (κ1) is 13.3. The van der Waals surface area contributed by atoms with Gasteiger partial charge in [-0.2, -0.15) is 0 Å². The van der Waals surface area contributed by atoms with Crippen LogP contribution in [0.1, 0.15) is 39.0 Å². The van der Waals surface area contributed by atoms with Crippen molar-refractivity contribution in [2.45, 2.75) is 45.1 Å². The molecule has 2 aliphatic rings. The monoisotopic (exact) mass is 254 g/mol. The van der Waals surface area contributed by atoms with Crippen LogP contribution in [0.5, 0.6) is 0 Å². The fraction of sp³-hybridized carbons (Fsp3) is 0.846. The second kappa shape index (κ2) is 5.26. The third kappa shape index (κ3) is 2.66. The molecule has 0 aliphatic carbocycles. The maximum Gasteiger partial charge on any atom is 0.309 e. The van der Waals surface area contributed by atoms with Crippen LogP contribution >= 0.6 is 0 Å². The van der Waals surface area contributed by atoms with Gasteiger partial charge in [-0.15, -0.1) is 0 Å². The van der Waals surface area contributed by atoms with Gasteiger partial charge in [0.1, 0.15) is 0 Å². The van der Waals surface area contributed by atoms with Crippen molar-refractivity contribution in [3.8, 4) is 0 Å². The number of amides is 1. The van der Waals surface area contributed by atoms with Crippen molar-refractivity contribution in [3.63, 3.8) is 0 Å². The third-order valence-electron chi connectivity index (χ3n) is 4.51. The number of rotatable bonds is 4. The summed E-state index contributed by atoms with van der Waals surface area (Å²) in [7, 11) is 0. The summed E-state index contributed by atoms with van der Waals surface area (Å²) >= 11 is 0. The second-order valence-corrected chi connectivity index (χ2v) is 5.54. The first-order valence-corrected chi connectivity index (χ1v) is 6.81. The average molecular weight is 254 g/mol. The van der Waals surface area contributed by atoms with Crippen LogP contribution in [0.3, 0.4) is 0 Å². The zero-order valence-corrected chi connectivity index (χ0v) is 10.9. The molecule has 0 radical (unpaired) electrons. The molecule has 1 atom stereocenters. The van der Waals surface area contributed by atoms with E-state index < -0.39 is 11.4 Å². The van der Waals surface area contributed by atoms with E-state index in [-0.39, 0.29) is 11.9 Å². The number of carboxylic acid groups (broad SMARTS) is 1. The molecule has 1 amide bonds. The first-order valence-electron chi connectivity index (χ1n) is 6.81. The number of piperidine rings is 1. The highest BCUT2D eigenvalue weighted by Gasteiger charge is 2.40. The van der Waals surface area contributed by atoms with Gasteiger partial charge in [0.2, 0.25) is 5.91 Å². The lowest BCUT2D eigenvalue weighted by Crippen LogP contribution is -2.47. The number of aliphatic carboxylic acids is 1. The fourth-order valence-electron chi connectivity index (χ4n) is 3.01. The molecule has 2 heterocycles. The minimum Gasteiger partial charge on any atom is -0.481 e. The average Bonchev–Trinajstić information content (AvgIpc) is 2.76. The molecule has 0 aromatic carbocycles. The largest absolute Gasteiger partial charge is 0.481 e. The van der Waals surface area contributed by atoms with Crippen molar-refractivity contribution in [1.82, 2.24) is 10.2 Å². The number of carbonyl (C=O) groups is 2. The number of likely N-dealkylation sites (tertiary alicyclic amines) is 1.